The molecule has 21 heavy (non-hydrogen) atoms. The predicted molar refractivity (Wildman–Crippen MR) is 82.9 cm³/mol. The average Bonchev–Trinajstić information content (AvgIpc) is 2.89. The Kier molecular flexibility index (Phi) is 3.82. The predicted octanol–water partition coefficient (Wildman–Crippen LogP) is 4.09. The van der Waals surface area contributed by atoms with E-state index < -0.39 is 0 Å². The molecule has 1 aromatic rings. The first-order valence-corrected chi connectivity index (χ1v) is 7.53. The van der Waals surface area contributed by atoms with Crippen LogP contribution in [0.2, 0.25) is 0 Å². The first-order valence-electron chi connectivity index (χ1n) is 7.53. The Hall–Kier alpha value is -2.03. The van der Waals surface area contributed by atoms with Gasteiger partial charge in [-0.3, -0.25) is 4.90 Å². The van der Waals surface area contributed by atoms with Crippen molar-refractivity contribution in [1.29, 1.82) is 0 Å². The number of benzene rings is 1. The summed E-state index contributed by atoms with van der Waals surface area (Å²) < 4.78 is 5.04. The standard InChI is InChI=1S/C18H21NO2/c1-13-8-9-14(2)17(15-6-4-3-5-7-15)16(13)12-19-10-11-21-18(19)20/h3-7,9,12-13,17H,8,10-11H2,1-2H3/b16-12-/t13-,17+/m1/s1. The highest BCUT2D eigenvalue weighted by atomic mass is 16.6. The molecule has 0 bridgehead atoms. The maximum Gasteiger partial charge on any atom is 0.413 e. The first-order chi connectivity index (χ1) is 10.2. The molecular formula is C18H21NO2. The van der Waals surface area contributed by atoms with Gasteiger partial charge >= 0.3 is 6.09 Å². The molecule has 2 aliphatic rings. The molecule has 3 rings (SSSR count). The van der Waals surface area contributed by atoms with Crippen LogP contribution < -0.4 is 0 Å². The summed E-state index contributed by atoms with van der Waals surface area (Å²) in [5.74, 6) is 0.704. The molecule has 3 heteroatoms. The highest BCUT2D eigenvalue weighted by molar-refractivity contribution is 5.71. The van der Waals surface area contributed by atoms with E-state index in [4.69, 9.17) is 4.74 Å². The van der Waals surface area contributed by atoms with Gasteiger partial charge in [0.25, 0.3) is 0 Å². The van der Waals surface area contributed by atoms with Gasteiger partial charge < -0.3 is 4.74 Å². The van der Waals surface area contributed by atoms with Crippen molar-refractivity contribution in [1.82, 2.24) is 4.90 Å². The summed E-state index contributed by atoms with van der Waals surface area (Å²) in [6.45, 7) is 5.55. The van der Waals surface area contributed by atoms with Gasteiger partial charge in [0.2, 0.25) is 0 Å². The minimum absolute atomic E-state index is 0.228. The molecule has 0 aromatic heterocycles. The molecule has 1 aromatic carbocycles. The van der Waals surface area contributed by atoms with E-state index in [2.05, 4.69) is 44.2 Å². The second-order valence-electron chi connectivity index (χ2n) is 5.87. The van der Waals surface area contributed by atoms with E-state index in [9.17, 15) is 4.79 Å². The normalized spacial score (nSPS) is 27.7. The number of rotatable bonds is 2. The number of carbonyl (C=O) groups is 1. The van der Waals surface area contributed by atoms with E-state index in [0.29, 0.717) is 19.1 Å². The average molecular weight is 283 g/mol. The van der Waals surface area contributed by atoms with Crippen LogP contribution in [0.15, 0.2) is 53.8 Å². The molecule has 3 nitrogen and oxygen atoms in total. The number of carbonyl (C=O) groups excluding carboxylic acids is 1. The molecule has 0 saturated carbocycles. The fourth-order valence-electron chi connectivity index (χ4n) is 3.17. The minimum atomic E-state index is -0.228. The lowest BCUT2D eigenvalue weighted by molar-refractivity contribution is 0.166. The molecule has 0 unspecified atom stereocenters. The molecular weight excluding hydrogens is 262 g/mol. The second kappa shape index (κ2) is 5.76. The molecule has 110 valence electrons. The number of amides is 1. The summed E-state index contributed by atoms with van der Waals surface area (Å²) in [4.78, 5) is 13.4. The Morgan fingerprint density at radius 2 is 2.05 bits per heavy atom. The fraction of sp³-hybridized carbons (Fsp3) is 0.389. The van der Waals surface area contributed by atoms with Crippen molar-refractivity contribution in [2.24, 2.45) is 5.92 Å². The van der Waals surface area contributed by atoms with Crippen molar-refractivity contribution < 1.29 is 9.53 Å². The van der Waals surface area contributed by atoms with Crippen LogP contribution in [0.3, 0.4) is 0 Å². The molecule has 1 aliphatic carbocycles. The fourth-order valence-corrected chi connectivity index (χ4v) is 3.17. The highest BCUT2D eigenvalue weighted by Gasteiger charge is 2.29. The Bertz CT molecular complexity index is 588. The largest absolute Gasteiger partial charge is 0.447 e. The monoisotopic (exact) mass is 283 g/mol. The number of hydrogen-bond donors (Lipinski definition) is 0. The third kappa shape index (κ3) is 2.73. The van der Waals surface area contributed by atoms with Crippen LogP contribution in [0.25, 0.3) is 0 Å². The van der Waals surface area contributed by atoms with Crippen LogP contribution in [-0.4, -0.2) is 24.1 Å². The van der Waals surface area contributed by atoms with Crippen molar-refractivity contribution in [2.45, 2.75) is 26.2 Å². The minimum Gasteiger partial charge on any atom is -0.447 e. The van der Waals surface area contributed by atoms with E-state index >= 15 is 0 Å². The molecule has 1 fully saturated rings. The van der Waals surface area contributed by atoms with Crippen LogP contribution in [-0.2, 0) is 4.74 Å². The summed E-state index contributed by atoms with van der Waals surface area (Å²) in [5, 5.41) is 0. The third-order valence-electron chi connectivity index (χ3n) is 4.38. The maximum absolute atomic E-state index is 11.7. The van der Waals surface area contributed by atoms with Crippen molar-refractivity contribution in [3.63, 3.8) is 0 Å². The molecule has 0 N–H and O–H groups in total. The van der Waals surface area contributed by atoms with Gasteiger partial charge in [-0.25, -0.2) is 4.79 Å². The zero-order chi connectivity index (χ0) is 14.8. The first kappa shape index (κ1) is 13.9. The number of nitrogens with zero attached hydrogens (tertiary/aromatic N) is 1. The van der Waals surface area contributed by atoms with E-state index in [-0.39, 0.29) is 12.0 Å². The second-order valence-corrected chi connectivity index (χ2v) is 5.87. The van der Waals surface area contributed by atoms with Gasteiger partial charge in [-0.2, -0.15) is 0 Å². The quantitative estimate of drug-likeness (QED) is 0.765. The molecule has 2 atom stereocenters. The van der Waals surface area contributed by atoms with Gasteiger partial charge in [-0.15, -0.1) is 0 Å². The topological polar surface area (TPSA) is 29.5 Å². The zero-order valence-corrected chi connectivity index (χ0v) is 12.6. The SMILES string of the molecule is CC1=CC[C@@H](C)/C(=C/N2CCOC2=O)[C@@H]1c1ccccc1. The van der Waals surface area contributed by atoms with E-state index in [1.54, 1.807) is 4.90 Å². The summed E-state index contributed by atoms with van der Waals surface area (Å²) in [5.41, 5.74) is 3.95. The van der Waals surface area contributed by atoms with Crippen molar-refractivity contribution in [3.8, 4) is 0 Å². The van der Waals surface area contributed by atoms with E-state index in [1.165, 1.54) is 16.7 Å². The van der Waals surface area contributed by atoms with Gasteiger partial charge in [-0.1, -0.05) is 48.9 Å². The smallest absolute Gasteiger partial charge is 0.413 e. The lowest BCUT2D eigenvalue weighted by Crippen LogP contribution is -2.23. The van der Waals surface area contributed by atoms with Crippen molar-refractivity contribution in [3.05, 3.63) is 59.3 Å². The Morgan fingerprint density at radius 3 is 2.71 bits per heavy atom. The number of allylic oxidation sites excluding steroid dienone is 3. The van der Waals surface area contributed by atoms with E-state index in [0.717, 1.165) is 6.42 Å². The third-order valence-corrected chi connectivity index (χ3v) is 4.38. The lowest BCUT2D eigenvalue weighted by Gasteiger charge is -2.31. The van der Waals surface area contributed by atoms with Gasteiger partial charge in [0.1, 0.15) is 6.61 Å². The molecule has 1 aliphatic heterocycles. The van der Waals surface area contributed by atoms with Crippen LogP contribution in [0.1, 0.15) is 31.7 Å². The van der Waals surface area contributed by atoms with Gasteiger partial charge in [0, 0.05) is 12.1 Å². The summed E-state index contributed by atoms with van der Waals surface area (Å²) in [6, 6.07) is 10.5. The van der Waals surface area contributed by atoms with Crippen LogP contribution in [0.5, 0.6) is 0 Å². The lowest BCUT2D eigenvalue weighted by atomic mass is 9.75. The maximum atomic E-state index is 11.7. The van der Waals surface area contributed by atoms with Crippen LogP contribution >= 0.6 is 0 Å². The molecule has 1 amide bonds. The van der Waals surface area contributed by atoms with Gasteiger partial charge in [-0.05, 0) is 30.4 Å². The van der Waals surface area contributed by atoms with Crippen LogP contribution in [0.4, 0.5) is 4.79 Å². The summed E-state index contributed by atoms with van der Waals surface area (Å²) >= 11 is 0. The summed E-state index contributed by atoms with van der Waals surface area (Å²) in [6.07, 6.45) is 5.15. The van der Waals surface area contributed by atoms with Gasteiger partial charge in [0.05, 0.1) is 6.54 Å². The number of cyclic esters (lactones) is 1. The zero-order valence-electron chi connectivity index (χ0n) is 12.6. The van der Waals surface area contributed by atoms with Crippen LogP contribution in [0, 0.1) is 5.92 Å². The highest BCUT2D eigenvalue weighted by Crippen LogP contribution is 2.41. The van der Waals surface area contributed by atoms with Gasteiger partial charge in [0.15, 0.2) is 0 Å². The Balaban J connectivity index is 2.00. The Morgan fingerprint density at radius 1 is 1.29 bits per heavy atom. The Labute approximate surface area is 125 Å². The molecule has 1 saturated heterocycles. The molecule has 0 radical (unpaired) electrons. The molecule has 1 heterocycles. The van der Waals surface area contributed by atoms with Crippen molar-refractivity contribution >= 4 is 6.09 Å². The van der Waals surface area contributed by atoms with Crippen molar-refractivity contribution in [2.75, 3.05) is 13.2 Å². The summed E-state index contributed by atoms with van der Waals surface area (Å²) in [7, 11) is 0. The number of ether oxygens (including phenoxy) is 1. The number of hydrogen-bond acceptors (Lipinski definition) is 2. The molecule has 0 spiro atoms. The van der Waals surface area contributed by atoms with E-state index in [1.807, 2.05) is 12.3 Å².